The highest BCUT2D eigenvalue weighted by atomic mass is 35.5. The molecule has 146 heavy (non-hydrogen) atoms. The number of aryl methyl sites for hydroxylation is 4. The second kappa shape index (κ2) is 52.2. The third kappa shape index (κ3) is 28.9. The summed E-state index contributed by atoms with van der Waals surface area (Å²) in [5.41, 5.74) is 19.6. The molecule has 0 unspecified atom stereocenters. The van der Waals surface area contributed by atoms with E-state index in [9.17, 15) is 34.2 Å². The fourth-order valence-corrected chi connectivity index (χ4v) is 15.7. The Kier molecular flexibility index (Phi) is 32.1. The van der Waals surface area contributed by atoms with E-state index in [1.165, 1.54) is 48.1 Å². The zero-order valence-corrected chi connectivity index (χ0v) is 84.7. The molecule has 16 rings (SSSR count). The summed E-state index contributed by atoms with van der Waals surface area (Å²) >= 11 is 4.71. The van der Waals surface area contributed by atoms with Crippen molar-refractivity contribution in [2.24, 2.45) is 28.2 Å². The van der Waals surface area contributed by atoms with Crippen LogP contribution < -0.4 is 68.3 Å². The highest BCUT2D eigenvalue weighted by molar-refractivity contribution is 6.66. The van der Waals surface area contributed by atoms with E-state index in [1.54, 1.807) is 84.2 Å². The zero-order chi connectivity index (χ0) is 118. The predicted octanol–water partition coefficient (Wildman–Crippen LogP) is 11.7. The highest BCUT2D eigenvalue weighted by Crippen LogP contribution is 2.39. The van der Waals surface area contributed by atoms with Crippen molar-refractivity contribution in [2.45, 2.75) is 25.7 Å². The van der Waals surface area contributed by atoms with Crippen molar-refractivity contribution in [3.05, 3.63) is 317 Å². The van der Waals surface area contributed by atoms with Gasteiger partial charge in [0.25, 0.3) is 31.0 Å². The van der Waals surface area contributed by atoms with Gasteiger partial charge >= 0.3 is 5.69 Å². The zero-order valence-electron chi connectivity index (χ0n) is 98.9. The molecule has 0 saturated heterocycles. The minimum atomic E-state index is -2.57. The van der Waals surface area contributed by atoms with Gasteiger partial charge < -0.3 is 69.6 Å². The van der Waals surface area contributed by atoms with Crippen LogP contribution in [0.2, 0.25) is 0 Å². The molecule has 0 atom stereocenters. The number of imidazole rings is 4. The lowest BCUT2D eigenvalue weighted by Gasteiger charge is -2.25. The summed E-state index contributed by atoms with van der Waals surface area (Å²) < 4.78 is 162. The van der Waals surface area contributed by atoms with Crippen LogP contribution in [0.15, 0.2) is 245 Å². The smallest absolute Gasteiger partial charge is 0.305 e. The molecule has 40 heteroatoms. The molecule has 0 radical (unpaired) electrons. The summed E-state index contributed by atoms with van der Waals surface area (Å²) in [6.45, 7) is -2.74. The number of para-hydroxylation sites is 8. The van der Waals surface area contributed by atoms with Crippen LogP contribution in [-0.2, 0) is 63.5 Å². The highest BCUT2D eigenvalue weighted by Gasteiger charge is 2.29. The first-order valence-corrected chi connectivity index (χ1v) is 46.0. The summed E-state index contributed by atoms with van der Waals surface area (Å²) in [7, 11) is 25.6. The maximum Gasteiger partial charge on any atom is 0.305 e. The number of halogens is 2. The van der Waals surface area contributed by atoms with Gasteiger partial charge in [0.15, 0.2) is 44.1 Å². The topological polar surface area (TPSA) is 368 Å². The van der Waals surface area contributed by atoms with Crippen LogP contribution in [0.1, 0.15) is 66.1 Å². The molecule has 8 aromatic heterocycles. The number of hydrogen-bond acceptors (Lipinski definition) is 27. The fourth-order valence-electron chi connectivity index (χ4n) is 15.7. The van der Waals surface area contributed by atoms with Crippen molar-refractivity contribution in [2.75, 3.05) is 191 Å². The molecule has 8 heterocycles. The number of nitro benzene ring substituents is 2. The van der Waals surface area contributed by atoms with E-state index in [4.69, 9.17) is 71.8 Å². The number of rotatable bonds is 36. The van der Waals surface area contributed by atoms with Crippen LogP contribution in [-0.4, -0.2) is 264 Å². The predicted molar refractivity (Wildman–Crippen MR) is 569 cm³/mol. The van der Waals surface area contributed by atoms with E-state index < -0.39 is 61.5 Å². The molecule has 4 N–H and O–H groups in total. The van der Waals surface area contributed by atoms with Gasteiger partial charge in [0.1, 0.15) is 52.0 Å². The second-order valence-electron chi connectivity index (χ2n) is 33.5. The standard InChI is InChI=1S/C28H33N7O2.C25H30N7O3.C25H32N7O.C20H17FN5O3.C5H14N2.C3H3ClO/c1-7-28(36)30-21-16-20(25(37-6)18-24(21)33(4)15-14-32(2)3)17-26-29-13-12-27(31-26)35-19-34(5)22-10-8-9-11-23(22)35;1-28(2)12-13-29(3)21-16-23(35-5)18(14-22(21)32(33)34)15-24-26-11-10-25(27-24)31-17-30(4)19-8-6-7-9-20(19)31;1-29(2)12-13-30(3)22-16-23(33-5)18(14-19(22)26)15-24-27-11-10-25(28-24)32-17-31(4)20-8-6-7-9-21(20)32;1-24-12-25(16-6-4-3-5-15(16)24)20-7-8-22-19(23-20)10-13-9-17(26(27)28)14(21)11-18(13)29-2;1-6-4-5-7(2)3;1-2-3(4)5/h7-13,16,18-19H,1,14-15,17H2,2-6H3;6-11,14,16-17H,12-13,15H2,1-5H3;6-11,14,16-17H,12-13,15,26H2,1-5H3;3-9,11-12H,10H2,1-2H3;6H,4-5H2,1-3H3;2H,1H2/q;3*+1;;/p+1/i2D3;2*1D3;;2D3,3D3;. The average molecular weight is 2030 g/mol. The number of anilines is 5. The van der Waals surface area contributed by atoms with Gasteiger partial charge in [-0.05, 0) is 147 Å². The largest absolute Gasteiger partial charge is 0.496 e. The third-order valence-electron chi connectivity index (χ3n) is 23.1. The number of methoxy groups -OCH3 is 4. The number of nitro groups is 2. The molecular formula is C106H130ClFN28O10+4. The van der Waals surface area contributed by atoms with Crippen LogP contribution >= 0.6 is 11.6 Å². The summed E-state index contributed by atoms with van der Waals surface area (Å²) in [5, 5.41) is 28.1. The average Bonchev–Trinajstić information content (AvgIpc) is 1.67. The lowest BCUT2D eigenvalue weighted by molar-refractivity contribution is -0.645. The van der Waals surface area contributed by atoms with Gasteiger partial charge in [-0.15, -0.1) is 0 Å². The monoisotopic (exact) mass is 2020 g/mol. The summed E-state index contributed by atoms with van der Waals surface area (Å²) in [6.07, 6.45) is 18.0. The number of carbonyl (C=O) groups is 2. The molecular weight excluding hydrogens is 1880 g/mol. The molecule has 0 bridgehead atoms. The summed E-state index contributed by atoms with van der Waals surface area (Å²) in [5.74, 6) is 5.59. The van der Waals surface area contributed by atoms with Crippen molar-refractivity contribution in [1.29, 1.82) is 0 Å². The lowest BCUT2D eigenvalue weighted by Crippen LogP contribution is -2.29. The minimum absolute atomic E-state index is 0.0243. The van der Waals surface area contributed by atoms with Crippen molar-refractivity contribution in [3.8, 4) is 46.3 Å². The van der Waals surface area contributed by atoms with Crippen LogP contribution in [0.25, 0.3) is 67.4 Å². The number of nitrogens with two attached hydrogens (primary N) is 1. The number of nitrogen functional groups attached to an aromatic ring is 1. The molecule has 0 aliphatic heterocycles. The molecule has 16 aromatic rings. The maximum atomic E-state index is 13.9. The van der Waals surface area contributed by atoms with Gasteiger partial charge in [-0.25, -0.2) is 38.2 Å². The quantitative estimate of drug-likeness (QED) is 0.00820. The SMILES string of the molecule is C=CC(=O)Cl.COc1cc(F)c([N+](=O)[O-])cc1Cc1nccc(-n2c[n+](C)c3ccccc32)n1.[2H]C([2H])([2H])N(C)CCN(C)c1cc(OC)c(Cc2nccc(-n3c[n+](C)c4ccccc43)n2)cc1N.[2H]C([2H])([2H])N(C)CCN(C)c1cc(OC)c(Cc2nccc(-n3c[n+](C)c4ccccc43)n2)cc1NC(=O)C=C.[2H]C([2H])([2H])N(C)CCN(C)c1cc(OC)c(Cc2nccc(-n3c[n+](C)c4ccccc43)n2)cc1[N+](=O)[O-].[2H]C([2H])([2H])N(CCNC)C([2H])([2H])[2H]. The van der Waals surface area contributed by atoms with Crippen LogP contribution in [0.3, 0.4) is 0 Å². The van der Waals surface area contributed by atoms with Crippen LogP contribution in [0, 0.1) is 26.0 Å². The molecule has 0 aliphatic carbocycles. The Hall–Kier alpha value is -16.2. The Labute approximate surface area is 875 Å². The van der Waals surface area contributed by atoms with Gasteiger partial charge in [-0.1, -0.05) is 61.7 Å². The third-order valence-corrected chi connectivity index (χ3v) is 23.2. The number of hydrogen-bond donors (Lipinski definition) is 3. The van der Waals surface area contributed by atoms with E-state index in [0.29, 0.717) is 137 Å². The Morgan fingerprint density at radius 2 is 0.753 bits per heavy atom. The fraction of sp³-hybridized carbons (Fsp3) is 0.302. The van der Waals surface area contributed by atoms with Crippen molar-refractivity contribution in [1.82, 2.24) is 83.1 Å². The first kappa shape index (κ1) is 89.9. The lowest BCUT2D eigenvalue weighted by atomic mass is 10.1. The normalized spacial score (nSPS) is 12.9. The van der Waals surface area contributed by atoms with Gasteiger partial charge in [0.05, 0.1) is 89.2 Å². The molecule has 0 saturated carbocycles. The van der Waals surface area contributed by atoms with Crippen molar-refractivity contribution in [3.63, 3.8) is 0 Å². The van der Waals surface area contributed by atoms with Gasteiger partial charge in [0, 0.05) is 227 Å². The first-order valence-electron chi connectivity index (χ1n) is 53.1. The Morgan fingerprint density at radius 1 is 0.445 bits per heavy atom. The molecule has 8 aromatic carbocycles. The molecule has 0 spiro atoms. The van der Waals surface area contributed by atoms with Gasteiger partial charge in [-0.2, -0.15) is 42.6 Å². The molecule has 764 valence electrons. The van der Waals surface area contributed by atoms with Gasteiger partial charge in [-0.3, -0.25) is 29.8 Å². The van der Waals surface area contributed by atoms with E-state index in [-0.39, 0.29) is 49.8 Å². The van der Waals surface area contributed by atoms with E-state index in [1.807, 2.05) is 231 Å². The first-order chi connectivity index (χ1) is 76.0. The molecule has 1 amide bonds. The number of benzene rings is 8. The minimum Gasteiger partial charge on any atom is -0.496 e. The number of nitrogens with zero attached hydrogens (tertiary/aromatic N) is 25. The second-order valence-corrected chi connectivity index (χ2v) is 33.9. The number of likely N-dealkylation sites (N-methyl/N-ethyl adjacent to an activating group) is 8. The number of carbonyl (C=O) groups excluding carboxylic acids is 2. The van der Waals surface area contributed by atoms with Crippen LogP contribution in [0.4, 0.5) is 44.2 Å². The molecule has 38 nitrogen and oxygen atoms in total. The Balaban J connectivity index is 0.000000192. The van der Waals surface area contributed by atoms with E-state index >= 15 is 0 Å². The number of ether oxygens (including phenoxy) is 4. The number of aromatic nitrogens is 16. The van der Waals surface area contributed by atoms with Crippen LogP contribution in [0.5, 0.6) is 23.0 Å². The maximum absolute atomic E-state index is 13.9. The van der Waals surface area contributed by atoms with E-state index in [0.717, 1.165) is 90.8 Å². The Morgan fingerprint density at radius 3 is 1.08 bits per heavy atom. The number of nitrogens with one attached hydrogen (secondary N) is 2. The number of amides is 1. The summed E-state index contributed by atoms with van der Waals surface area (Å²) in [4.78, 5) is 90.1. The van der Waals surface area contributed by atoms with Gasteiger partial charge in [0.2, 0.25) is 40.2 Å². The van der Waals surface area contributed by atoms with Crippen molar-refractivity contribution < 1.29 is 81.6 Å². The number of allylic oxidation sites excluding steroid dienone is 1. The summed E-state index contributed by atoms with van der Waals surface area (Å²) in [6, 6.07) is 52.1. The Bertz CT molecular complexity index is 7880. The van der Waals surface area contributed by atoms with E-state index in [2.05, 4.69) is 71.5 Å². The van der Waals surface area contributed by atoms with Crippen molar-refractivity contribution >= 4 is 107 Å². The molecule has 0 fully saturated rings. The number of fused-ring (bicyclic) bond motifs is 4. The molecule has 0 aliphatic rings.